The van der Waals surface area contributed by atoms with Crippen LogP contribution in [0.3, 0.4) is 0 Å². The number of nitrogens with zero attached hydrogens (tertiary/aromatic N) is 1. The van der Waals surface area contributed by atoms with E-state index in [1.165, 1.54) is 11.4 Å². The standard InChI is InChI=1S/C16H17NO4S/c1-12-5-3-4-6-15(12)17(22(19)20)11-13-7-9-14(10-8-13)16(18)21-2/h3-10,22H,11H2,1-2H3. The first-order chi connectivity index (χ1) is 10.5. The van der Waals surface area contributed by atoms with Gasteiger partial charge < -0.3 is 4.74 Å². The Bertz CT molecular complexity index is 730. The molecule has 0 amide bonds. The highest BCUT2D eigenvalue weighted by Crippen LogP contribution is 2.22. The van der Waals surface area contributed by atoms with Gasteiger partial charge >= 0.3 is 5.97 Å². The van der Waals surface area contributed by atoms with Crippen molar-refractivity contribution in [1.82, 2.24) is 0 Å². The highest BCUT2D eigenvalue weighted by atomic mass is 32.2. The van der Waals surface area contributed by atoms with Crippen LogP contribution in [0.1, 0.15) is 21.5 Å². The summed E-state index contributed by atoms with van der Waals surface area (Å²) >= 11 is 0. The van der Waals surface area contributed by atoms with Crippen LogP contribution in [-0.4, -0.2) is 21.5 Å². The van der Waals surface area contributed by atoms with E-state index < -0.39 is 16.9 Å². The first-order valence-corrected chi connectivity index (χ1v) is 7.80. The highest BCUT2D eigenvalue weighted by Gasteiger charge is 2.12. The molecule has 0 bridgehead atoms. The number of hydrogen-bond acceptors (Lipinski definition) is 4. The van der Waals surface area contributed by atoms with Crippen LogP contribution in [0.4, 0.5) is 5.69 Å². The molecular weight excluding hydrogens is 302 g/mol. The lowest BCUT2D eigenvalue weighted by Crippen LogP contribution is -2.21. The van der Waals surface area contributed by atoms with E-state index in [0.717, 1.165) is 11.1 Å². The fourth-order valence-electron chi connectivity index (χ4n) is 2.12. The van der Waals surface area contributed by atoms with Crippen molar-refractivity contribution in [2.24, 2.45) is 0 Å². The zero-order chi connectivity index (χ0) is 16.1. The van der Waals surface area contributed by atoms with E-state index in [0.29, 0.717) is 11.3 Å². The van der Waals surface area contributed by atoms with Gasteiger partial charge in [-0.05, 0) is 36.2 Å². The third kappa shape index (κ3) is 3.65. The molecule has 0 aromatic heterocycles. The number of hydrogen-bond donors (Lipinski definition) is 1. The molecule has 0 saturated heterocycles. The molecule has 0 fully saturated rings. The molecule has 2 aromatic rings. The molecule has 0 aliphatic rings. The number of ether oxygens (including phenoxy) is 1. The first-order valence-electron chi connectivity index (χ1n) is 6.67. The van der Waals surface area contributed by atoms with Crippen LogP contribution in [-0.2, 0) is 22.2 Å². The maximum absolute atomic E-state index is 11.6. The second-order valence-electron chi connectivity index (χ2n) is 4.77. The highest BCUT2D eigenvalue weighted by molar-refractivity contribution is 7.74. The molecule has 0 radical (unpaired) electrons. The van der Waals surface area contributed by atoms with Crippen molar-refractivity contribution in [3.05, 3.63) is 65.2 Å². The van der Waals surface area contributed by atoms with Gasteiger partial charge in [0.1, 0.15) is 0 Å². The maximum atomic E-state index is 11.6. The van der Waals surface area contributed by atoms with Crippen LogP contribution in [0.5, 0.6) is 0 Å². The zero-order valence-corrected chi connectivity index (χ0v) is 13.2. The average Bonchev–Trinajstić information content (AvgIpc) is 2.53. The van der Waals surface area contributed by atoms with Crippen molar-refractivity contribution in [3.8, 4) is 0 Å². The van der Waals surface area contributed by atoms with Crippen LogP contribution in [0.15, 0.2) is 48.5 Å². The van der Waals surface area contributed by atoms with E-state index in [-0.39, 0.29) is 6.54 Å². The molecule has 2 aromatic carbocycles. The molecule has 6 heteroatoms. The van der Waals surface area contributed by atoms with Gasteiger partial charge in [0.15, 0.2) is 0 Å². The Morgan fingerprint density at radius 1 is 1.09 bits per heavy atom. The number of para-hydroxylation sites is 1. The molecule has 0 saturated carbocycles. The Labute approximate surface area is 131 Å². The lowest BCUT2D eigenvalue weighted by molar-refractivity contribution is 0.0600. The van der Waals surface area contributed by atoms with Crippen molar-refractivity contribution in [2.45, 2.75) is 13.5 Å². The average molecular weight is 319 g/mol. The maximum Gasteiger partial charge on any atom is 0.337 e. The van der Waals surface area contributed by atoms with Gasteiger partial charge in [-0.25, -0.2) is 13.2 Å². The third-order valence-corrected chi connectivity index (χ3v) is 4.05. The molecule has 5 nitrogen and oxygen atoms in total. The molecule has 0 aliphatic heterocycles. The number of esters is 1. The fraction of sp³-hybridized carbons (Fsp3) is 0.188. The first kappa shape index (κ1) is 16.0. The summed E-state index contributed by atoms with van der Waals surface area (Å²) in [6.07, 6.45) is 0. The Morgan fingerprint density at radius 2 is 1.73 bits per heavy atom. The summed E-state index contributed by atoms with van der Waals surface area (Å²) in [5.41, 5.74) is 2.75. The summed E-state index contributed by atoms with van der Waals surface area (Å²) in [7, 11) is -1.44. The van der Waals surface area contributed by atoms with Crippen molar-refractivity contribution >= 4 is 22.5 Å². The van der Waals surface area contributed by atoms with Crippen LogP contribution >= 0.6 is 0 Å². The molecule has 116 valence electrons. The lowest BCUT2D eigenvalue weighted by Gasteiger charge is -2.20. The van der Waals surface area contributed by atoms with E-state index in [9.17, 15) is 13.2 Å². The summed E-state index contributed by atoms with van der Waals surface area (Å²) in [4.78, 5) is 11.4. The zero-order valence-electron chi connectivity index (χ0n) is 12.4. The molecule has 2 rings (SSSR count). The lowest BCUT2D eigenvalue weighted by atomic mass is 10.1. The minimum absolute atomic E-state index is 0.213. The predicted molar refractivity (Wildman–Crippen MR) is 85.5 cm³/mol. The number of benzene rings is 2. The minimum atomic E-state index is -2.76. The fourth-order valence-corrected chi connectivity index (χ4v) is 2.80. The molecule has 0 spiro atoms. The molecule has 0 aliphatic carbocycles. The van der Waals surface area contributed by atoms with Gasteiger partial charge in [-0.3, -0.25) is 4.31 Å². The van der Waals surface area contributed by atoms with E-state index >= 15 is 0 Å². The van der Waals surface area contributed by atoms with Crippen LogP contribution in [0.25, 0.3) is 0 Å². The van der Waals surface area contributed by atoms with Gasteiger partial charge in [0.05, 0.1) is 24.9 Å². The van der Waals surface area contributed by atoms with Gasteiger partial charge in [-0.15, -0.1) is 0 Å². The number of anilines is 1. The number of thiol groups is 1. The molecular formula is C16H17NO4S. The number of carbonyl (C=O) groups is 1. The summed E-state index contributed by atoms with van der Waals surface area (Å²) in [5.74, 6) is -0.419. The van der Waals surface area contributed by atoms with Gasteiger partial charge in [0.2, 0.25) is 10.9 Å². The SMILES string of the molecule is COC(=O)c1ccc(CN(c2ccccc2C)[SH](=O)=O)cc1. The third-order valence-electron chi connectivity index (χ3n) is 3.30. The van der Waals surface area contributed by atoms with Gasteiger partial charge in [0, 0.05) is 0 Å². The Hall–Kier alpha value is -2.34. The smallest absolute Gasteiger partial charge is 0.337 e. The number of aryl methyl sites for hydroxylation is 1. The Balaban J connectivity index is 2.26. The van der Waals surface area contributed by atoms with E-state index in [4.69, 9.17) is 0 Å². The quantitative estimate of drug-likeness (QED) is 0.678. The number of methoxy groups -OCH3 is 1. The molecule has 0 N–H and O–H groups in total. The van der Waals surface area contributed by atoms with Crippen molar-refractivity contribution in [1.29, 1.82) is 0 Å². The van der Waals surface area contributed by atoms with Crippen molar-refractivity contribution in [3.63, 3.8) is 0 Å². The normalized spacial score (nSPS) is 10.5. The second-order valence-corrected chi connectivity index (χ2v) is 5.73. The largest absolute Gasteiger partial charge is 0.465 e. The summed E-state index contributed by atoms with van der Waals surface area (Å²) in [6, 6.07) is 14.0. The summed E-state index contributed by atoms with van der Waals surface area (Å²) in [5, 5.41) is 0. The number of carbonyl (C=O) groups excluding carboxylic acids is 1. The van der Waals surface area contributed by atoms with Gasteiger partial charge in [-0.1, -0.05) is 30.3 Å². The summed E-state index contributed by atoms with van der Waals surface area (Å²) < 4.78 is 29.1. The van der Waals surface area contributed by atoms with Gasteiger partial charge in [-0.2, -0.15) is 0 Å². The van der Waals surface area contributed by atoms with Crippen LogP contribution in [0.2, 0.25) is 0 Å². The Morgan fingerprint density at radius 3 is 2.27 bits per heavy atom. The molecule has 0 atom stereocenters. The molecule has 0 unspecified atom stereocenters. The van der Waals surface area contributed by atoms with Crippen molar-refractivity contribution in [2.75, 3.05) is 11.4 Å². The monoisotopic (exact) mass is 319 g/mol. The molecule has 0 heterocycles. The predicted octanol–water partition coefficient (Wildman–Crippen LogP) is 2.31. The second kappa shape index (κ2) is 7.09. The van der Waals surface area contributed by atoms with Gasteiger partial charge in [0.25, 0.3) is 0 Å². The van der Waals surface area contributed by atoms with Crippen molar-refractivity contribution < 1.29 is 17.9 Å². The van der Waals surface area contributed by atoms with E-state index in [1.807, 2.05) is 19.1 Å². The minimum Gasteiger partial charge on any atom is -0.465 e. The number of rotatable bonds is 5. The summed E-state index contributed by atoms with van der Waals surface area (Å²) in [6.45, 7) is 2.08. The van der Waals surface area contributed by atoms with E-state index in [1.54, 1.807) is 36.4 Å². The van der Waals surface area contributed by atoms with Crippen LogP contribution in [0, 0.1) is 6.92 Å². The Kier molecular flexibility index (Phi) is 5.16. The topological polar surface area (TPSA) is 63.7 Å². The van der Waals surface area contributed by atoms with E-state index in [2.05, 4.69) is 4.74 Å². The molecule has 22 heavy (non-hydrogen) atoms. The van der Waals surface area contributed by atoms with Crippen LogP contribution < -0.4 is 4.31 Å².